The van der Waals surface area contributed by atoms with Crippen molar-refractivity contribution in [1.29, 1.82) is 5.26 Å². The molecular formula is C22H29N5O3. The Bertz CT molecular complexity index is 837. The van der Waals surface area contributed by atoms with Crippen LogP contribution in [-0.2, 0) is 16.1 Å². The van der Waals surface area contributed by atoms with Crippen molar-refractivity contribution in [2.45, 2.75) is 44.2 Å². The summed E-state index contributed by atoms with van der Waals surface area (Å²) in [7, 11) is 3.85. The molecule has 8 heteroatoms. The largest absolute Gasteiger partial charge is 0.336 e. The van der Waals surface area contributed by atoms with Gasteiger partial charge in [0, 0.05) is 19.6 Å². The van der Waals surface area contributed by atoms with E-state index in [1.807, 2.05) is 31.1 Å². The van der Waals surface area contributed by atoms with Gasteiger partial charge in [-0.2, -0.15) is 5.26 Å². The Kier molecular flexibility index (Phi) is 6.73. The molecule has 1 aliphatic heterocycles. The van der Waals surface area contributed by atoms with E-state index < -0.39 is 11.6 Å². The van der Waals surface area contributed by atoms with Gasteiger partial charge in [-0.1, -0.05) is 31.4 Å². The quantitative estimate of drug-likeness (QED) is 0.689. The van der Waals surface area contributed by atoms with Crippen LogP contribution >= 0.6 is 0 Å². The lowest BCUT2D eigenvalue weighted by atomic mass is 9.82. The first-order valence-electron chi connectivity index (χ1n) is 10.4. The van der Waals surface area contributed by atoms with E-state index in [1.165, 1.54) is 0 Å². The Morgan fingerprint density at radius 2 is 1.80 bits per heavy atom. The maximum Gasteiger partial charge on any atom is 0.325 e. The van der Waals surface area contributed by atoms with Crippen LogP contribution in [0.5, 0.6) is 0 Å². The van der Waals surface area contributed by atoms with E-state index in [0.29, 0.717) is 38.0 Å². The minimum absolute atomic E-state index is 0.254. The number of nitrogens with zero attached hydrogens (tertiary/aromatic N) is 4. The van der Waals surface area contributed by atoms with E-state index in [-0.39, 0.29) is 18.4 Å². The second-order valence-corrected chi connectivity index (χ2v) is 8.39. The third kappa shape index (κ3) is 4.79. The summed E-state index contributed by atoms with van der Waals surface area (Å²) in [6.45, 7) is 1.23. The number of carbonyl (C=O) groups is 3. The van der Waals surface area contributed by atoms with Gasteiger partial charge in [-0.05, 0) is 44.6 Å². The molecule has 0 aromatic heterocycles. The normalized spacial score (nSPS) is 17.9. The van der Waals surface area contributed by atoms with Crippen molar-refractivity contribution >= 4 is 17.8 Å². The summed E-state index contributed by atoms with van der Waals surface area (Å²) in [5.74, 6) is -0.538. The molecule has 0 atom stereocenters. The number of nitrogens with one attached hydrogen (secondary N) is 1. The van der Waals surface area contributed by atoms with Crippen LogP contribution in [0.25, 0.3) is 0 Å². The number of nitriles is 1. The van der Waals surface area contributed by atoms with Crippen molar-refractivity contribution < 1.29 is 14.4 Å². The molecule has 1 heterocycles. The monoisotopic (exact) mass is 411 g/mol. The lowest BCUT2D eigenvalue weighted by molar-refractivity contribution is -0.140. The molecule has 1 aliphatic carbocycles. The highest BCUT2D eigenvalue weighted by atomic mass is 16.2. The molecule has 1 spiro atoms. The van der Waals surface area contributed by atoms with Crippen LogP contribution in [0.15, 0.2) is 24.3 Å². The van der Waals surface area contributed by atoms with Gasteiger partial charge in [0.15, 0.2) is 0 Å². The summed E-state index contributed by atoms with van der Waals surface area (Å²) in [5, 5.41) is 11.8. The molecule has 4 amide bonds. The van der Waals surface area contributed by atoms with Crippen LogP contribution in [0.1, 0.15) is 43.2 Å². The number of rotatable bonds is 7. The number of imide groups is 1. The lowest BCUT2D eigenvalue weighted by Gasteiger charge is -2.30. The Morgan fingerprint density at radius 1 is 1.13 bits per heavy atom. The van der Waals surface area contributed by atoms with Crippen molar-refractivity contribution in [3.8, 4) is 6.07 Å². The lowest BCUT2D eigenvalue weighted by Crippen LogP contribution is -2.49. The van der Waals surface area contributed by atoms with Gasteiger partial charge in [0.25, 0.3) is 5.91 Å². The van der Waals surface area contributed by atoms with Crippen LogP contribution in [0.2, 0.25) is 0 Å². The number of benzene rings is 1. The molecule has 0 bridgehead atoms. The molecule has 2 fully saturated rings. The molecule has 0 unspecified atom stereocenters. The van der Waals surface area contributed by atoms with Crippen LogP contribution in [0.4, 0.5) is 4.79 Å². The fourth-order valence-corrected chi connectivity index (χ4v) is 4.07. The number of hydrogen-bond acceptors (Lipinski definition) is 5. The SMILES string of the molecule is CN(C)CCN(Cc1ccc(C#N)cc1)C(=O)CN1C(=O)NC2(CCCCC2)C1=O. The first-order valence-corrected chi connectivity index (χ1v) is 10.4. The third-order valence-corrected chi connectivity index (χ3v) is 5.87. The molecule has 2 aliphatic rings. The highest BCUT2D eigenvalue weighted by Crippen LogP contribution is 2.33. The zero-order chi connectivity index (χ0) is 21.7. The maximum absolute atomic E-state index is 13.1. The van der Waals surface area contributed by atoms with Crippen molar-refractivity contribution in [2.75, 3.05) is 33.7 Å². The van der Waals surface area contributed by atoms with E-state index in [4.69, 9.17) is 5.26 Å². The number of hydrogen-bond donors (Lipinski definition) is 1. The molecule has 3 rings (SSSR count). The van der Waals surface area contributed by atoms with E-state index in [1.54, 1.807) is 17.0 Å². The van der Waals surface area contributed by atoms with Crippen molar-refractivity contribution in [3.63, 3.8) is 0 Å². The Hall–Kier alpha value is -2.92. The molecule has 1 saturated heterocycles. The van der Waals surface area contributed by atoms with Gasteiger partial charge in [-0.3, -0.25) is 14.5 Å². The van der Waals surface area contributed by atoms with Crippen molar-refractivity contribution in [1.82, 2.24) is 20.0 Å². The fraction of sp³-hybridized carbons (Fsp3) is 0.545. The molecule has 8 nitrogen and oxygen atoms in total. The zero-order valence-corrected chi connectivity index (χ0v) is 17.7. The number of likely N-dealkylation sites (N-methyl/N-ethyl adjacent to an activating group) is 1. The summed E-state index contributed by atoms with van der Waals surface area (Å²) in [6, 6.07) is 8.68. The molecule has 30 heavy (non-hydrogen) atoms. The minimum Gasteiger partial charge on any atom is -0.336 e. The van der Waals surface area contributed by atoms with Gasteiger partial charge in [0.2, 0.25) is 5.91 Å². The number of carbonyl (C=O) groups excluding carboxylic acids is 3. The summed E-state index contributed by atoms with van der Waals surface area (Å²) in [4.78, 5) is 43.3. The molecule has 1 N–H and O–H groups in total. The van der Waals surface area contributed by atoms with Crippen molar-refractivity contribution in [3.05, 3.63) is 35.4 Å². The topological polar surface area (TPSA) is 96.8 Å². The predicted octanol–water partition coefficient (Wildman–Crippen LogP) is 1.70. The second-order valence-electron chi connectivity index (χ2n) is 8.39. The molecule has 1 saturated carbocycles. The fourth-order valence-electron chi connectivity index (χ4n) is 4.07. The molecule has 1 aromatic carbocycles. The minimum atomic E-state index is -0.822. The highest BCUT2D eigenvalue weighted by molar-refractivity contribution is 6.09. The molecular weight excluding hydrogens is 382 g/mol. The average Bonchev–Trinajstić information content (AvgIpc) is 2.95. The Morgan fingerprint density at radius 3 is 2.40 bits per heavy atom. The Balaban J connectivity index is 1.71. The second kappa shape index (κ2) is 9.26. The molecule has 1 aromatic rings. The standard InChI is InChI=1S/C22H29N5O3/c1-25(2)12-13-26(15-18-8-6-17(14-23)7-9-18)19(28)16-27-20(29)22(24-21(27)30)10-4-3-5-11-22/h6-9H,3-5,10-13,15-16H2,1-2H3,(H,24,30). The van der Waals surface area contributed by atoms with E-state index in [2.05, 4.69) is 11.4 Å². The summed E-state index contributed by atoms with van der Waals surface area (Å²) >= 11 is 0. The first kappa shape index (κ1) is 21.8. The predicted molar refractivity (Wildman–Crippen MR) is 111 cm³/mol. The van der Waals surface area contributed by atoms with Gasteiger partial charge in [-0.15, -0.1) is 0 Å². The van der Waals surface area contributed by atoms with Crippen molar-refractivity contribution in [2.24, 2.45) is 0 Å². The molecule has 160 valence electrons. The smallest absolute Gasteiger partial charge is 0.325 e. The summed E-state index contributed by atoms with van der Waals surface area (Å²) in [6.07, 6.45) is 4.14. The summed E-state index contributed by atoms with van der Waals surface area (Å²) in [5.41, 5.74) is 0.626. The molecule has 0 radical (unpaired) electrons. The van der Waals surface area contributed by atoms with E-state index in [9.17, 15) is 14.4 Å². The van der Waals surface area contributed by atoms with Gasteiger partial charge in [0.05, 0.1) is 11.6 Å². The van der Waals surface area contributed by atoms with Gasteiger partial charge < -0.3 is 15.1 Å². The van der Waals surface area contributed by atoms with Crippen LogP contribution in [0.3, 0.4) is 0 Å². The highest BCUT2D eigenvalue weighted by Gasteiger charge is 2.51. The van der Waals surface area contributed by atoms with Gasteiger partial charge in [-0.25, -0.2) is 4.79 Å². The zero-order valence-electron chi connectivity index (χ0n) is 17.7. The Labute approximate surface area is 177 Å². The first-order chi connectivity index (χ1) is 14.3. The van der Waals surface area contributed by atoms with E-state index >= 15 is 0 Å². The van der Waals surface area contributed by atoms with Crippen LogP contribution in [0, 0.1) is 11.3 Å². The van der Waals surface area contributed by atoms with E-state index in [0.717, 1.165) is 29.7 Å². The van der Waals surface area contributed by atoms with Gasteiger partial charge in [0.1, 0.15) is 12.1 Å². The number of urea groups is 1. The number of amides is 4. The average molecular weight is 412 g/mol. The third-order valence-electron chi connectivity index (χ3n) is 5.87. The van der Waals surface area contributed by atoms with Crippen LogP contribution in [-0.4, -0.2) is 71.8 Å². The van der Waals surface area contributed by atoms with Gasteiger partial charge >= 0.3 is 6.03 Å². The van der Waals surface area contributed by atoms with Crippen LogP contribution < -0.4 is 5.32 Å². The summed E-state index contributed by atoms with van der Waals surface area (Å²) < 4.78 is 0. The maximum atomic E-state index is 13.1.